The van der Waals surface area contributed by atoms with Crippen molar-refractivity contribution in [2.75, 3.05) is 0 Å². The topological polar surface area (TPSA) is 52.5 Å². The van der Waals surface area contributed by atoms with Gasteiger partial charge in [-0.15, -0.1) is 0 Å². The highest BCUT2D eigenvalue weighted by molar-refractivity contribution is 3.50. The monoisotopic (exact) mass is 79.1 g/mol. The van der Waals surface area contributed by atoms with Crippen LogP contribution in [0.3, 0.4) is 0 Å². The number of hydrogen-bond donors (Lipinski definition) is 3. The lowest BCUT2D eigenvalue weighted by molar-refractivity contribution is -0.0678. The molecule has 0 fully saturated rings. The van der Waals surface area contributed by atoms with Gasteiger partial charge >= 0.3 is 0 Å². The van der Waals surface area contributed by atoms with E-state index in [1.54, 1.807) is 0 Å². The van der Waals surface area contributed by atoms with Crippen molar-refractivity contribution in [2.24, 2.45) is 0 Å². The van der Waals surface area contributed by atoms with Crippen molar-refractivity contribution in [3.63, 3.8) is 0 Å². The third kappa shape index (κ3) is 952. The van der Waals surface area contributed by atoms with E-state index in [0.29, 0.717) is 0 Å². The van der Waals surface area contributed by atoms with Crippen LogP contribution in [-0.4, -0.2) is 10.4 Å². The van der Waals surface area contributed by atoms with E-state index in [9.17, 15) is 0 Å². The first-order valence-electron chi connectivity index (χ1n) is 1.45. The van der Waals surface area contributed by atoms with E-state index in [2.05, 4.69) is 0 Å². The quantitative estimate of drug-likeness (QED) is 0.368. The van der Waals surface area contributed by atoms with Gasteiger partial charge in [-0.05, 0) is 0 Å². The standard InChI is InChI=1S/C2H6.H3NO2/c1-2;2-1-3/h1-2H3;1-3H. The molecule has 3 N–H and O–H groups in total. The molecule has 0 saturated carbocycles. The van der Waals surface area contributed by atoms with Gasteiger partial charge in [-0.1, -0.05) is 19.5 Å². The maximum absolute atomic E-state index is 6.88. The highest BCUT2D eigenvalue weighted by atomic mass is 16.7. The summed E-state index contributed by atoms with van der Waals surface area (Å²) < 4.78 is 0. The molecule has 5 heavy (non-hydrogen) atoms. The zero-order chi connectivity index (χ0) is 4.71. The van der Waals surface area contributed by atoms with E-state index in [-0.39, 0.29) is 0 Å². The van der Waals surface area contributed by atoms with Gasteiger partial charge in [0.05, 0.1) is 0 Å². The summed E-state index contributed by atoms with van der Waals surface area (Å²) in [7, 11) is 0. The van der Waals surface area contributed by atoms with Crippen LogP contribution < -0.4 is 5.64 Å². The number of rotatable bonds is 0. The predicted octanol–water partition coefficient (Wildman–Crippen LogP) is 0.381. The Hall–Kier alpha value is -0.120. The highest BCUT2D eigenvalue weighted by Crippen LogP contribution is 1.14. The fraction of sp³-hybridized carbons (Fsp3) is 1.00. The molecule has 0 amide bonds. The van der Waals surface area contributed by atoms with E-state index in [1.165, 1.54) is 0 Å². The molecule has 0 radical (unpaired) electrons. The largest absolute Gasteiger partial charge is 0.292 e. The van der Waals surface area contributed by atoms with E-state index in [4.69, 9.17) is 10.4 Å². The van der Waals surface area contributed by atoms with Crippen molar-refractivity contribution in [1.82, 2.24) is 5.64 Å². The maximum Gasteiger partial charge on any atom is -0.0683 e. The molecule has 34 valence electrons. The summed E-state index contributed by atoms with van der Waals surface area (Å²) in [4.78, 5) is 0. The van der Waals surface area contributed by atoms with Crippen LogP contribution in [0.1, 0.15) is 13.8 Å². The van der Waals surface area contributed by atoms with Gasteiger partial charge in [-0.2, -0.15) is 0 Å². The molecule has 0 heterocycles. The average molecular weight is 79.1 g/mol. The van der Waals surface area contributed by atoms with Gasteiger partial charge in [-0.25, -0.2) is 0 Å². The SMILES string of the molecule is CC.ONO. The van der Waals surface area contributed by atoms with Crippen molar-refractivity contribution in [1.29, 1.82) is 0 Å². The Morgan fingerprint density at radius 2 is 1.20 bits per heavy atom. The minimum atomic E-state index is 0.750. The van der Waals surface area contributed by atoms with Crippen molar-refractivity contribution < 1.29 is 10.4 Å². The lowest BCUT2D eigenvalue weighted by Crippen LogP contribution is -1.93. The third-order valence-electron chi connectivity index (χ3n) is 0. The summed E-state index contributed by atoms with van der Waals surface area (Å²) in [6, 6.07) is 0. The maximum atomic E-state index is 6.88. The van der Waals surface area contributed by atoms with Crippen molar-refractivity contribution >= 4 is 0 Å². The summed E-state index contributed by atoms with van der Waals surface area (Å²) >= 11 is 0. The summed E-state index contributed by atoms with van der Waals surface area (Å²) in [6.45, 7) is 4.00. The Morgan fingerprint density at radius 1 is 1.20 bits per heavy atom. The fourth-order valence-corrected chi connectivity index (χ4v) is 0. The van der Waals surface area contributed by atoms with Gasteiger partial charge in [0, 0.05) is 0 Å². The van der Waals surface area contributed by atoms with Crippen molar-refractivity contribution in [3.8, 4) is 0 Å². The summed E-state index contributed by atoms with van der Waals surface area (Å²) in [5.41, 5.74) is 0.750. The first kappa shape index (κ1) is 8.86. The minimum Gasteiger partial charge on any atom is -0.292 e. The smallest absolute Gasteiger partial charge is 0.0683 e. The number of nitrogens with one attached hydrogen (secondary N) is 1. The van der Waals surface area contributed by atoms with Crippen LogP contribution in [0.4, 0.5) is 0 Å². The molecule has 0 atom stereocenters. The molecule has 0 aliphatic carbocycles. The summed E-state index contributed by atoms with van der Waals surface area (Å²) in [5.74, 6) is 0. The third-order valence-corrected chi connectivity index (χ3v) is 0. The van der Waals surface area contributed by atoms with Gasteiger partial charge in [0.2, 0.25) is 0 Å². The average Bonchev–Trinajstić information content (AvgIpc) is 1.46. The van der Waals surface area contributed by atoms with Gasteiger partial charge in [0.25, 0.3) is 0 Å². The van der Waals surface area contributed by atoms with Crippen LogP contribution in [0.5, 0.6) is 0 Å². The first-order chi connectivity index (χ1) is 2.41. The second-order valence-corrected chi connectivity index (χ2v) is 0.100. The fourth-order valence-electron chi connectivity index (χ4n) is 0. The zero-order valence-electron chi connectivity index (χ0n) is 3.39. The van der Waals surface area contributed by atoms with Crippen LogP contribution in [0.15, 0.2) is 0 Å². The van der Waals surface area contributed by atoms with Crippen LogP contribution in [0, 0.1) is 0 Å². The molecule has 0 bridgehead atoms. The normalized spacial score (nSPS) is 4.80. The Morgan fingerprint density at radius 3 is 1.20 bits per heavy atom. The molecule has 0 rings (SSSR count). The van der Waals surface area contributed by atoms with E-state index in [1.807, 2.05) is 13.8 Å². The molecule has 0 aromatic rings. The van der Waals surface area contributed by atoms with Gasteiger partial charge in [-0.3, -0.25) is 10.4 Å². The van der Waals surface area contributed by atoms with Gasteiger partial charge in [0.15, 0.2) is 0 Å². The van der Waals surface area contributed by atoms with Crippen LogP contribution in [0.2, 0.25) is 0 Å². The number of hydrogen-bond acceptors (Lipinski definition) is 3. The second kappa shape index (κ2) is 41.6. The van der Waals surface area contributed by atoms with E-state index >= 15 is 0 Å². The zero-order valence-corrected chi connectivity index (χ0v) is 3.39. The molecule has 0 aliphatic rings. The molecule has 3 heteroatoms. The van der Waals surface area contributed by atoms with Crippen LogP contribution in [0.25, 0.3) is 0 Å². The molecule has 0 aromatic heterocycles. The molecular weight excluding hydrogens is 70.0 g/mol. The van der Waals surface area contributed by atoms with Crippen molar-refractivity contribution in [2.45, 2.75) is 13.8 Å². The molecular formula is C2H9NO2. The molecule has 0 aliphatic heterocycles. The van der Waals surface area contributed by atoms with Crippen LogP contribution >= 0.6 is 0 Å². The van der Waals surface area contributed by atoms with Crippen molar-refractivity contribution in [3.05, 3.63) is 0 Å². The lowest BCUT2D eigenvalue weighted by Gasteiger charge is -1.61. The Bertz CT molecular complexity index is 7.61. The minimum absolute atomic E-state index is 0.750. The van der Waals surface area contributed by atoms with E-state index < -0.39 is 0 Å². The summed E-state index contributed by atoms with van der Waals surface area (Å²) in [6.07, 6.45) is 0. The Labute approximate surface area is 31.2 Å². The second-order valence-electron chi connectivity index (χ2n) is 0.100. The molecule has 0 saturated heterocycles. The first-order valence-corrected chi connectivity index (χ1v) is 1.45. The molecule has 0 aromatic carbocycles. The molecule has 0 unspecified atom stereocenters. The molecule has 3 nitrogen and oxygen atoms in total. The Balaban J connectivity index is 0. The highest BCUT2D eigenvalue weighted by Gasteiger charge is 1.23. The van der Waals surface area contributed by atoms with Crippen LogP contribution in [-0.2, 0) is 0 Å². The van der Waals surface area contributed by atoms with E-state index in [0.717, 1.165) is 5.64 Å². The van der Waals surface area contributed by atoms with Gasteiger partial charge < -0.3 is 0 Å². The Kier molecular flexibility index (Phi) is 73.6. The van der Waals surface area contributed by atoms with Gasteiger partial charge in [0.1, 0.15) is 0 Å². The summed E-state index contributed by atoms with van der Waals surface area (Å²) in [5, 5.41) is 13.8. The predicted molar refractivity (Wildman–Crippen MR) is 18.1 cm³/mol. The molecule has 0 spiro atoms. The lowest BCUT2D eigenvalue weighted by atomic mass is 11.0.